The third-order valence-electron chi connectivity index (χ3n) is 6.88. The van der Waals surface area contributed by atoms with Gasteiger partial charge in [-0.05, 0) is 48.7 Å². The van der Waals surface area contributed by atoms with Crippen molar-refractivity contribution < 1.29 is 48.7 Å². The van der Waals surface area contributed by atoms with E-state index in [4.69, 9.17) is 11.6 Å². The number of likely N-dealkylation sites (tertiary alicyclic amines) is 1. The predicted octanol–water partition coefficient (Wildman–Crippen LogP) is 4.02. The number of urea groups is 1. The molecule has 1 N–H and O–H groups in total. The van der Waals surface area contributed by atoms with E-state index < -0.39 is 58.5 Å². The summed E-state index contributed by atoms with van der Waals surface area (Å²) in [6.07, 6.45) is -0.649. The van der Waals surface area contributed by atoms with Gasteiger partial charge < -0.3 is 15.0 Å². The number of sulfonamides is 2. The quantitative estimate of drug-likeness (QED) is 0.326. The number of hydrogen-bond donors (Lipinski definition) is 1. The Kier molecular flexibility index (Phi) is 9.54. The number of rotatable bonds is 8. The van der Waals surface area contributed by atoms with Gasteiger partial charge in [0.05, 0.1) is 23.2 Å². The van der Waals surface area contributed by atoms with Gasteiger partial charge in [-0.25, -0.2) is 26.0 Å². The minimum absolute atomic E-state index is 0.169. The van der Waals surface area contributed by atoms with Crippen LogP contribution >= 0.6 is 11.6 Å². The first-order chi connectivity index (χ1) is 20.3. The van der Waals surface area contributed by atoms with Gasteiger partial charge in [0, 0.05) is 43.4 Å². The van der Waals surface area contributed by atoms with Gasteiger partial charge in [0.2, 0.25) is 26.0 Å². The summed E-state index contributed by atoms with van der Waals surface area (Å²) in [7, 11) is -9.28. The molecule has 3 amide bonds. The molecule has 240 valence electrons. The van der Waals surface area contributed by atoms with E-state index in [0.29, 0.717) is 45.0 Å². The topological polar surface area (TPSA) is 133 Å². The van der Waals surface area contributed by atoms with Crippen LogP contribution in [0.25, 0.3) is 6.08 Å². The fourth-order valence-electron chi connectivity index (χ4n) is 5.30. The van der Waals surface area contributed by atoms with Crippen molar-refractivity contribution in [1.82, 2.24) is 13.5 Å². The molecule has 44 heavy (non-hydrogen) atoms. The summed E-state index contributed by atoms with van der Waals surface area (Å²) in [5.74, 6) is -1.71. The lowest BCUT2D eigenvalue weighted by molar-refractivity contribution is -0.274. The van der Waals surface area contributed by atoms with Gasteiger partial charge in [0.15, 0.2) is 0 Å². The molecule has 2 aromatic rings. The van der Waals surface area contributed by atoms with Gasteiger partial charge in [-0.2, -0.15) is 0 Å². The number of ether oxygens (including phenoxy) is 1. The Labute approximate surface area is 256 Å². The third-order valence-corrected chi connectivity index (χ3v) is 10.3. The molecule has 0 saturated carbocycles. The van der Waals surface area contributed by atoms with E-state index >= 15 is 0 Å². The Morgan fingerprint density at radius 2 is 1.61 bits per heavy atom. The second kappa shape index (κ2) is 12.5. The number of anilines is 1. The molecule has 11 nitrogen and oxygen atoms in total. The highest BCUT2D eigenvalue weighted by Crippen LogP contribution is 2.36. The van der Waals surface area contributed by atoms with Crippen LogP contribution in [0.2, 0.25) is 5.02 Å². The fraction of sp³-hybridized carbons (Fsp3) is 0.385. The van der Waals surface area contributed by atoms with Gasteiger partial charge in [0.25, 0.3) is 0 Å². The van der Waals surface area contributed by atoms with Crippen LogP contribution in [-0.4, -0.2) is 86.3 Å². The van der Waals surface area contributed by atoms with E-state index in [0.717, 1.165) is 29.8 Å². The summed E-state index contributed by atoms with van der Waals surface area (Å²) in [6.45, 7) is 1.62. The lowest BCUT2D eigenvalue weighted by Gasteiger charge is -2.40. The largest absolute Gasteiger partial charge is 0.573 e. The van der Waals surface area contributed by atoms with Crippen LogP contribution in [0.5, 0.6) is 5.75 Å². The lowest BCUT2D eigenvalue weighted by Crippen LogP contribution is -2.55. The van der Waals surface area contributed by atoms with Gasteiger partial charge in [-0.15, -0.1) is 16.9 Å². The smallest absolute Gasteiger partial charge is 0.404 e. The van der Waals surface area contributed by atoms with E-state index in [2.05, 4.69) is 9.64 Å². The van der Waals surface area contributed by atoms with Crippen molar-refractivity contribution in [3.8, 4) is 5.75 Å². The van der Waals surface area contributed by atoms with Crippen LogP contribution in [0, 0.1) is 5.82 Å². The summed E-state index contributed by atoms with van der Waals surface area (Å²) in [6, 6.07) is 5.66. The van der Waals surface area contributed by atoms with Crippen molar-refractivity contribution in [1.29, 1.82) is 0 Å². The molecule has 0 spiro atoms. The number of amides is 3. The van der Waals surface area contributed by atoms with Crippen molar-refractivity contribution in [2.24, 2.45) is 0 Å². The first-order valence-electron chi connectivity index (χ1n) is 12.9. The number of piperazine rings is 1. The Hall–Kier alpha value is -3.41. The highest BCUT2D eigenvalue weighted by atomic mass is 35.5. The van der Waals surface area contributed by atoms with Gasteiger partial charge >= 0.3 is 12.4 Å². The molecule has 2 saturated heterocycles. The number of fused-ring (bicyclic) bond motifs is 2. The summed E-state index contributed by atoms with van der Waals surface area (Å²) in [5, 5.41) is 1.37. The molecule has 0 radical (unpaired) electrons. The minimum Gasteiger partial charge on any atom is -0.404 e. The van der Waals surface area contributed by atoms with E-state index in [9.17, 15) is 44.0 Å². The molecule has 4 rings (SSSR count). The number of nitrogens with one attached hydrogen (secondary N) is 1. The highest BCUT2D eigenvalue weighted by molar-refractivity contribution is 8.04. The predicted molar refractivity (Wildman–Crippen MR) is 153 cm³/mol. The van der Waals surface area contributed by atoms with Crippen LogP contribution in [0.3, 0.4) is 0 Å². The molecule has 2 aliphatic rings. The Bertz CT molecular complexity index is 1640. The fourth-order valence-corrected chi connectivity index (χ4v) is 8.16. The molecule has 0 aromatic heterocycles. The maximum atomic E-state index is 13.3. The van der Waals surface area contributed by atoms with Crippen molar-refractivity contribution in [3.05, 3.63) is 64.4 Å². The molecule has 0 aliphatic carbocycles. The molecule has 2 aliphatic heterocycles. The average Bonchev–Trinajstić information content (AvgIpc) is 3.13. The minimum atomic E-state index is -5.15. The van der Waals surface area contributed by atoms with Crippen molar-refractivity contribution in [2.45, 2.75) is 37.8 Å². The second-order valence-electron chi connectivity index (χ2n) is 10.4. The van der Waals surface area contributed by atoms with Crippen molar-refractivity contribution >= 4 is 55.3 Å². The summed E-state index contributed by atoms with van der Waals surface area (Å²) in [4.78, 5) is 29.8. The molecular weight excluding hydrogens is 656 g/mol. The molecule has 2 aromatic carbocycles. The van der Waals surface area contributed by atoms with E-state index in [1.54, 1.807) is 17.0 Å². The second-order valence-corrected chi connectivity index (χ2v) is 14.7. The first kappa shape index (κ1) is 33.5. The van der Waals surface area contributed by atoms with Gasteiger partial charge in [-0.3, -0.25) is 9.69 Å². The van der Waals surface area contributed by atoms with Crippen LogP contribution in [0.4, 0.5) is 28.0 Å². The van der Waals surface area contributed by atoms with E-state index in [1.807, 2.05) is 5.32 Å². The number of halogens is 5. The van der Waals surface area contributed by atoms with Crippen LogP contribution in [0.15, 0.2) is 42.5 Å². The lowest BCUT2D eigenvalue weighted by atomic mass is 10.1. The van der Waals surface area contributed by atoms with E-state index in [-0.39, 0.29) is 23.5 Å². The average molecular weight is 683 g/mol. The molecule has 2 bridgehead atoms. The monoisotopic (exact) mass is 682 g/mol. The number of hydrogen-bond acceptors (Lipinski definition) is 8. The number of alkyl halides is 3. The third kappa shape index (κ3) is 8.19. The summed E-state index contributed by atoms with van der Waals surface area (Å²) < 4.78 is 104. The zero-order valence-electron chi connectivity index (χ0n) is 23.2. The maximum Gasteiger partial charge on any atom is 0.573 e. The van der Waals surface area contributed by atoms with Crippen LogP contribution in [0.1, 0.15) is 24.0 Å². The number of carbonyl (C=O) groups is 2. The van der Waals surface area contributed by atoms with Crippen LogP contribution in [-0.2, 0) is 31.4 Å². The molecular formula is C26H27ClF4N4O7S2. The summed E-state index contributed by atoms with van der Waals surface area (Å²) in [5.41, 5.74) is 0.243. The standard InChI is InChI=1S/C26H27ClF4N4O7S2/c1-43(38,39)35(44(2,40)41)25(37)32-22-12-21(27)23(42-26(29,30)31)11-17(22)5-10-24(36)34-19-8-9-20(34)15-33(14-19)13-16-3-6-18(28)7-4-16/h3-7,10-12,19-20H,8-9,13-15H2,1-2H3,(H,32,37)/b10-5+. The van der Waals surface area contributed by atoms with Crippen molar-refractivity contribution in [2.75, 3.05) is 30.9 Å². The van der Waals surface area contributed by atoms with E-state index in [1.165, 1.54) is 12.1 Å². The molecule has 18 heteroatoms. The molecule has 2 atom stereocenters. The Balaban J connectivity index is 1.58. The summed E-state index contributed by atoms with van der Waals surface area (Å²) >= 11 is 5.91. The highest BCUT2D eigenvalue weighted by Gasteiger charge is 2.42. The normalized spacial score (nSPS) is 19.3. The molecule has 2 unspecified atom stereocenters. The Morgan fingerprint density at radius 3 is 2.14 bits per heavy atom. The van der Waals surface area contributed by atoms with Gasteiger partial charge in [-0.1, -0.05) is 23.7 Å². The van der Waals surface area contributed by atoms with Crippen LogP contribution < -0.4 is 10.1 Å². The number of carbonyl (C=O) groups excluding carboxylic acids is 2. The Morgan fingerprint density at radius 1 is 1.05 bits per heavy atom. The zero-order chi connectivity index (χ0) is 32.6. The molecule has 2 heterocycles. The maximum absolute atomic E-state index is 13.3. The SMILES string of the molecule is CS(=O)(=O)N(C(=O)Nc1cc(Cl)c(OC(F)(F)F)cc1/C=C/C(=O)N1C2CCC1CN(Cc1ccc(F)cc1)C2)S(C)(=O)=O. The van der Waals surface area contributed by atoms with Gasteiger partial charge in [0.1, 0.15) is 11.6 Å². The molecule has 2 fully saturated rings. The number of nitrogens with zero attached hydrogens (tertiary/aromatic N) is 3. The first-order valence-corrected chi connectivity index (χ1v) is 17.0. The zero-order valence-corrected chi connectivity index (χ0v) is 25.6. The number of benzene rings is 2. The van der Waals surface area contributed by atoms with Crippen molar-refractivity contribution in [3.63, 3.8) is 0 Å².